The molecule has 19 heavy (non-hydrogen) atoms. The highest BCUT2D eigenvalue weighted by Gasteiger charge is 2.46. The maximum Gasteiger partial charge on any atom is 0.328 e. The van der Waals surface area contributed by atoms with Crippen LogP contribution in [0.3, 0.4) is 0 Å². The molecule has 0 amide bonds. The molecule has 0 aromatic carbocycles. The molecule has 6 heteroatoms. The van der Waals surface area contributed by atoms with Crippen LogP contribution < -0.4 is 0 Å². The first kappa shape index (κ1) is 17.6. The summed E-state index contributed by atoms with van der Waals surface area (Å²) in [7, 11) is 1.36. The highest BCUT2D eigenvalue weighted by Crippen LogP contribution is 2.22. The second-order valence-corrected chi connectivity index (χ2v) is 4.09. The smallest absolute Gasteiger partial charge is 0.328 e. The van der Waals surface area contributed by atoms with E-state index in [0.717, 1.165) is 0 Å². The summed E-state index contributed by atoms with van der Waals surface area (Å²) < 4.78 is 14.6. The first-order valence-electron chi connectivity index (χ1n) is 6.30. The van der Waals surface area contributed by atoms with E-state index in [1.807, 2.05) is 0 Å². The van der Waals surface area contributed by atoms with Crippen molar-refractivity contribution in [2.45, 2.75) is 39.7 Å². The van der Waals surface area contributed by atoms with Crippen molar-refractivity contribution in [2.75, 3.05) is 20.3 Å². The minimum absolute atomic E-state index is 0.0812. The monoisotopic (exact) mass is 274 g/mol. The van der Waals surface area contributed by atoms with E-state index in [2.05, 4.69) is 0 Å². The van der Waals surface area contributed by atoms with Gasteiger partial charge in [-0.3, -0.25) is 14.4 Å². The average Bonchev–Trinajstić information content (AvgIpc) is 2.38. The van der Waals surface area contributed by atoms with Crippen molar-refractivity contribution in [1.82, 2.24) is 0 Å². The lowest BCUT2D eigenvalue weighted by Gasteiger charge is -2.27. The standard InChI is InChI=1S/C13H22O6/c1-6-13(4,17-5)10(14)9(11(15)18-7-2)12(16)19-8-3/h9H,6-8H2,1-5H3. The number of methoxy groups -OCH3 is 1. The molecule has 0 fully saturated rings. The van der Waals surface area contributed by atoms with Crippen LogP contribution >= 0.6 is 0 Å². The number of hydrogen-bond donors (Lipinski definition) is 0. The Morgan fingerprint density at radius 3 is 1.68 bits per heavy atom. The van der Waals surface area contributed by atoms with Gasteiger partial charge in [0.2, 0.25) is 5.92 Å². The number of ketones is 1. The summed E-state index contributed by atoms with van der Waals surface area (Å²) in [6.45, 7) is 6.62. The van der Waals surface area contributed by atoms with Crippen molar-refractivity contribution in [2.24, 2.45) is 5.92 Å². The fourth-order valence-electron chi connectivity index (χ4n) is 1.49. The van der Waals surface area contributed by atoms with Gasteiger partial charge < -0.3 is 14.2 Å². The van der Waals surface area contributed by atoms with E-state index in [-0.39, 0.29) is 13.2 Å². The molecule has 1 atom stereocenters. The summed E-state index contributed by atoms with van der Waals surface area (Å²) >= 11 is 0. The zero-order chi connectivity index (χ0) is 15.1. The van der Waals surface area contributed by atoms with E-state index in [9.17, 15) is 14.4 Å². The normalized spacial score (nSPS) is 13.8. The third-order valence-electron chi connectivity index (χ3n) is 2.95. The minimum atomic E-state index is -1.59. The van der Waals surface area contributed by atoms with Crippen LogP contribution in [0.15, 0.2) is 0 Å². The van der Waals surface area contributed by atoms with Crippen LogP contribution in [-0.4, -0.2) is 43.6 Å². The van der Waals surface area contributed by atoms with Crippen molar-refractivity contribution in [1.29, 1.82) is 0 Å². The van der Waals surface area contributed by atoms with E-state index < -0.39 is 29.2 Å². The predicted octanol–water partition coefficient (Wildman–Crippen LogP) is 1.11. The predicted molar refractivity (Wildman–Crippen MR) is 67.5 cm³/mol. The average molecular weight is 274 g/mol. The Labute approximate surface area is 113 Å². The number of ether oxygens (including phenoxy) is 3. The molecule has 0 saturated heterocycles. The Morgan fingerprint density at radius 2 is 1.42 bits per heavy atom. The van der Waals surface area contributed by atoms with Crippen molar-refractivity contribution in [3.8, 4) is 0 Å². The molecular formula is C13H22O6. The molecule has 0 aliphatic carbocycles. The van der Waals surface area contributed by atoms with E-state index in [0.29, 0.717) is 6.42 Å². The molecule has 0 aromatic heterocycles. The van der Waals surface area contributed by atoms with Crippen molar-refractivity contribution in [3.63, 3.8) is 0 Å². The van der Waals surface area contributed by atoms with Crippen LogP contribution in [0.4, 0.5) is 0 Å². The van der Waals surface area contributed by atoms with Crippen LogP contribution in [0.5, 0.6) is 0 Å². The molecule has 0 aromatic rings. The van der Waals surface area contributed by atoms with Gasteiger partial charge in [0, 0.05) is 7.11 Å². The van der Waals surface area contributed by atoms with Crippen molar-refractivity contribution < 1.29 is 28.6 Å². The third-order valence-corrected chi connectivity index (χ3v) is 2.95. The lowest BCUT2D eigenvalue weighted by molar-refractivity contribution is -0.169. The van der Waals surface area contributed by atoms with Gasteiger partial charge in [-0.2, -0.15) is 0 Å². The van der Waals surface area contributed by atoms with Crippen molar-refractivity contribution in [3.05, 3.63) is 0 Å². The number of rotatable bonds is 8. The van der Waals surface area contributed by atoms with E-state index in [1.54, 1.807) is 20.8 Å². The summed E-state index contributed by atoms with van der Waals surface area (Å²) in [5.41, 5.74) is -1.22. The van der Waals surface area contributed by atoms with Crippen LogP contribution in [0.25, 0.3) is 0 Å². The molecule has 0 N–H and O–H groups in total. The van der Waals surface area contributed by atoms with Gasteiger partial charge in [-0.25, -0.2) is 0 Å². The molecule has 0 aliphatic rings. The van der Waals surface area contributed by atoms with Gasteiger partial charge in [-0.15, -0.1) is 0 Å². The maximum absolute atomic E-state index is 12.3. The molecule has 0 saturated carbocycles. The van der Waals surface area contributed by atoms with E-state index in [4.69, 9.17) is 14.2 Å². The molecule has 0 radical (unpaired) electrons. The SMILES string of the molecule is CCOC(=O)C(C(=O)OCC)C(=O)C(C)(CC)OC. The largest absolute Gasteiger partial charge is 0.465 e. The van der Waals surface area contributed by atoms with Crippen LogP contribution in [0.1, 0.15) is 34.1 Å². The minimum Gasteiger partial charge on any atom is -0.465 e. The Balaban J connectivity index is 5.29. The van der Waals surface area contributed by atoms with Crippen LogP contribution in [-0.2, 0) is 28.6 Å². The first-order valence-corrected chi connectivity index (χ1v) is 6.30. The van der Waals surface area contributed by atoms with E-state index in [1.165, 1.54) is 14.0 Å². The Bertz CT molecular complexity index is 314. The van der Waals surface area contributed by atoms with Gasteiger partial charge >= 0.3 is 11.9 Å². The van der Waals surface area contributed by atoms with Gasteiger partial charge in [-0.1, -0.05) is 6.92 Å². The summed E-state index contributed by atoms with van der Waals surface area (Å²) in [6.07, 6.45) is 0.331. The fraction of sp³-hybridized carbons (Fsp3) is 0.769. The van der Waals surface area contributed by atoms with Gasteiger partial charge in [0.05, 0.1) is 13.2 Å². The zero-order valence-corrected chi connectivity index (χ0v) is 12.1. The lowest BCUT2D eigenvalue weighted by atomic mass is 9.88. The topological polar surface area (TPSA) is 78.9 Å². The molecule has 1 unspecified atom stereocenters. The number of esters is 2. The number of carbonyl (C=O) groups excluding carboxylic acids is 3. The summed E-state index contributed by atoms with van der Waals surface area (Å²) in [4.78, 5) is 35.9. The van der Waals surface area contributed by atoms with Gasteiger partial charge in [0.25, 0.3) is 0 Å². The second-order valence-electron chi connectivity index (χ2n) is 4.09. The fourth-order valence-corrected chi connectivity index (χ4v) is 1.49. The Hall–Kier alpha value is -1.43. The van der Waals surface area contributed by atoms with Crippen LogP contribution in [0.2, 0.25) is 0 Å². The zero-order valence-electron chi connectivity index (χ0n) is 12.1. The molecule has 0 spiro atoms. The Morgan fingerprint density at radius 1 is 1.00 bits per heavy atom. The van der Waals surface area contributed by atoms with Crippen molar-refractivity contribution >= 4 is 17.7 Å². The highest BCUT2D eigenvalue weighted by atomic mass is 16.6. The lowest BCUT2D eigenvalue weighted by Crippen LogP contribution is -2.47. The third kappa shape index (κ3) is 4.31. The molecule has 0 heterocycles. The van der Waals surface area contributed by atoms with Crippen LogP contribution in [0, 0.1) is 5.92 Å². The number of carbonyl (C=O) groups is 3. The van der Waals surface area contributed by atoms with Gasteiger partial charge in [-0.05, 0) is 27.2 Å². The molecular weight excluding hydrogens is 252 g/mol. The summed E-state index contributed by atoms with van der Waals surface area (Å²) in [5, 5.41) is 0. The second kappa shape index (κ2) is 7.89. The highest BCUT2D eigenvalue weighted by molar-refractivity contribution is 6.17. The number of hydrogen-bond acceptors (Lipinski definition) is 6. The van der Waals surface area contributed by atoms with Gasteiger partial charge in [0.15, 0.2) is 5.78 Å². The summed E-state index contributed by atoms with van der Waals surface area (Å²) in [6, 6.07) is 0. The first-order chi connectivity index (χ1) is 8.87. The summed E-state index contributed by atoms with van der Waals surface area (Å²) in [5.74, 6) is -4.04. The molecule has 0 bridgehead atoms. The van der Waals surface area contributed by atoms with Gasteiger partial charge in [0.1, 0.15) is 5.60 Å². The number of Topliss-reactive ketones (excluding diaryl/α,β-unsaturated/α-hetero) is 1. The molecule has 110 valence electrons. The Kier molecular flexibility index (Phi) is 7.29. The molecule has 6 nitrogen and oxygen atoms in total. The maximum atomic E-state index is 12.3. The molecule has 0 rings (SSSR count). The quantitative estimate of drug-likeness (QED) is 0.487. The molecule has 0 aliphatic heterocycles. The van der Waals surface area contributed by atoms with E-state index >= 15 is 0 Å².